The average molecular weight is 463 g/mol. The molecule has 0 heterocycles. The number of hydrogen-bond acceptors (Lipinski definition) is 0. The Hall–Kier alpha value is 2.88. The third kappa shape index (κ3) is 28.7. The van der Waals surface area contributed by atoms with Crippen LogP contribution in [0.5, 0.6) is 0 Å². The van der Waals surface area contributed by atoms with Crippen LogP contribution in [0, 0.1) is 0 Å². The van der Waals surface area contributed by atoms with Gasteiger partial charge in [-0.05, 0) is 0 Å². The summed E-state index contributed by atoms with van der Waals surface area (Å²) in [6.45, 7) is 0. The van der Waals surface area contributed by atoms with Gasteiger partial charge in [0.1, 0.15) is 0 Å². The van der Waals surface area contributed by atoms with Crippen molar-refractivity contribution in [2.75, 3.05) is 0 Å². The molecule has 2 nitrogen and oxygen atoms in total. The topological polar surface area (TPSA) is 57.0 Å². The molecule has 6 heteroatoms. The van der Waals surface area contributed by atoms with Crippen LogP contribution in [0.15, 0.2) is 0 Å². The van der Waals surface area contributed by atoms with Crippen LogP contribution < -0.4 is 0 Å². The molecule has 0 rings (SSSR count). The standard InChI is InChI=1S/4Ag.2O/q4*+1;2*-2. The van der Waals surface area contributed by atoms with Gasteiger partial charge in [0.05, 0.1) is 0 Å². The summed E-state index contributed by atoms with van der Waals surface area (Å²) in [5.74, 6) is 0. The van der Waals surface area contributed by atoms with E-state index < -0.39 is 0 Å². The SMILES string of the molecule is [Ag+].[Ag+].[Ag+].[Ag+].[O-2].[O-2]. The summed E-state index contributed by atoms with van der Waals surface area (Å²) in [5, 5.41) is 0. The predicted octanol–water partition coefficient (Wildman–Crippen LogP) is -0.248. The molecule has 0 saturated carbocycles. The largest absolute Gasteiger partial charge is 2.00 e. The van der Waals surface area contributed by atoms with Crippen molar-refractivity contribution in [3.05, 3.63) is 0 Å². The Bertz CT molecular complexity index is 5.51. The van der Waals surface area contributed by atoms with E-state index >= 15 is 0 Å². The van der Waals surface area contributed by atoms with Crippen molar-refractivity contribution in [3.8, 4) is 0 Å². The van der Waals surface area contributed by atoms with E-state index in [9.17, 15) is 0 Å². The predicted molar refractivity (Wildman–Crippen MR) is 1.37 cm³/mol. The zero-order valence-electron chi connectivity index (χ0n) is 2.02. The quantitative estimate of drug-likeness (QED) is 0.445. The van der Waals surface area contributed by atoms with Gasteiger partial charge in [0.15, 0.2) is 0 Å². The zero-order valence-corrected chi connectivity index (χ0v) is 7.95. The number of hydrogen-bond donors (Lipinski definition) is 0. The molecule has 6 heavy (non-hydrogen) atoms. The molecule has 0 aliphatic carbocycles. The molecule has 0 fully saturated rings. The first-order valence-corrected chi connectivity index (χ1v) is 0. The summed E-state index contributed by atoms with van der Waals surface area (Å²) in [5.41, 5.74) is 0. The van der Waals surface area contributed by atoms with Gasteiger partial charge in [0, 0.05) is 0 Å². The summed E-state index contributed by atoms with van der Waals surface area (Å²) in [6, 6.07) is 0. The van der Waals surface area contributed by atoms with E-state index in [0.717, 1.165) is 0 Å². The summed E-state index contributed by atoms with van der Waals surface area (Å²) < 4.78 is 0. The van der Waals surface area contributed by atoms with Crippen molar-refractivity contribution in [2.45, 2.75) is 0 Å². The van der Waals surface area contributed by atoms with Crippen molar-refractivity contribution in [2.24, 2.45) is 0 Å². The van der Waals surface area contributed by atoms with Crippen LogP contribution >= 0.6 is 0 Å². The van der Waals surface area contributed by atoms with Crippen LogP contribution in [0.4, 0.5) is 0 Å². The Balaban J connectivity index is 0. The van der Waals surface area contributed by atoms with Crippen LogP contribution in [-0.2, 0) is 100 Å². The van der Waals surface area contributed by atoms with E-state index in [2.05, 4.69) is 0 Å². The van der Waals surface area contributed by atoms with Gasteiger partial charge in [0.2, 0.25) is 0 Å². The molecule has 0 radical (unpaired) electrons. The summed E-state index contributed by atoms with van der Waals surface area (Å²) in [4.78, 5) is 0. The van der Waals surface area contributed by atoms with E-state index in [1.807, 2.05) is 0 Å². The Morgan fingerprint density at radius 1 is 0.333 bits per heavy atom. The van der Waals surface area contributed by atoms with Crippen molar-refractivity contribution >= 4 is 0 Å². The van der Waals surface area contributed by atoms with Gasteiger partial charge in [-0.1, -0.05) is 0 Å². The third-order valence-corrected chi connectivity index (χ3v) is 0. The van der Waals surface area contributed by atoms with Crippen LogP contribution in [0.3, 0.4) is 0 Å². The van der Waals surface area contributed by atoms with Crippen LogP contribution in [0.2, 0.25) is 0 Å². The molecule has 0 bridgehead atoms. The Morgan fingerprint density at radius 2 is 0.333 bits per heavy atom. The second-order valence-electron chi connectivity index (χ2n) is 0. The molecular formula is Ag4O2. The van der Waals surface area contributed by atoms with Gasteiger partial charge < -0.3 is 11.0 Å². The molecule has 0 aromatic rings. The van der Waals surface area contributed by atoms with Crippen molar-refractivity contribution in [3.63, 3.8) is 0 Å². The second-order valence-corrected chi connectivity index (χ2v) is 0. The van der Waals surface area contributed by atoms with Gasteiger partial charge in [-0.25, -0.2) is 0 Å². The van der Waals surface area contributed by atoms with Gasteiger partial charge in [-0.15, -0.1) is 0 Å². The van der Waals surface area contributed by atoms with Crippen LogP contribution in [0.1, 0.15) is 0 Å². The molecule has 0 aliphatic rings. The Labute approximate surface area is 98.9 Å². The first kappa shape index (κ1) is 66.5. The minimum Gasteiger partial charge on any atom is -2.00 e. The fraction of sp³-hybridized carbons (Fsp3) is 0. The van der Waals surface area contributed by atoms with E-state index in [1.54, 1.807) is 0 Å². The Morgan fingerprint density at radius 3 is 0.333 bits per heavy atom. The monoisotopic (exact) mass is 460 g/mol. The summed E-state index contributed by atoms with van der Waals surface area (Å²) in [6.07, 6.45) is 0. The summed E-state index contributed by atoms with van der Waals surface area (Å²) in [7, 11) is 0. The molecule has 0 saturated heterocycles. The van der Waals surface area contributed by atoms with Crippen molar-refractivity contribution in [1.29, 1.82) is 0 Å². The zero-order chi connectivity index (χ0) is 0. The summed E-state index contributed by atoms with van der Waals surface area (Å²) >= 11 is 0. The van der Waals surface area contributed by atoms with E-state index in [1.165, 1.54) is 0 Å². The minimum absolute atomic E-state index is 0. The molecule has 0 atom stereocenters. The van der Waals surface area contributed by atoms with Crippen molar-refractivity contribution < 1.29 is 100 Å². The molecule has 0 aromatic carbocycles. The molecule has 0 spiro atoms. The molecule has 0 unspecified atom stereocenters. The van der Waals surface area contributed by atoms with Gasteiger partial charge in [-0.3, -0.25) is 0 Å². The maximum Gasteiger partial charge on any atom is 1.00 e. The maximum atomic E-state index is 0. The first-order valence-electron chi connectivity index (χ1n) is 0. The second kappa shape index (κ2) is 45.0. The first-order chi connectivity index (χ1) is 0. The number of rotatable bonds is 0. The molecule has 56 valence electrons. The normalized spacial score (nSPS) is 0. The Kier molecular flexibility index (Phi) is 498. The molecular weight excluding hydrogens is 463 g/mol. The van der Waals surface area contributed by atoms with Crippen molar-refractivity contribution in [1.82, 2.24) is 0 Å². The van der Waals surface area contributed by atoms with Gasteiger partial charge in [-0.2, -0.15) is 0 Å². The van der Waals surface area contributed by atoms with E-state index in [0.29, 0.717) is 0 Å². The average Bonchev–Trinajstić information content (AvgIpc) is 0. The smallest absolute Gasteiger partial charge is 1.00 e. The molecule has 0 N–H and O–H groups in total. The fourth-order valence-electron chi connectivity index (χ4n) is 0. The van der Waals surface area contributed by atoms with Gasteiger partial charge in [0.25, 0.3) is 0 Å². The molecule has 0 aliphatic heterocycles. The fourth-order valence-corrected chi connectivity index (χ4v) is 0. The molecule has 0 aromatic heterocycles. The van der Waals surface area contributed by atoms with Crippen LogP contribution in [0.25, 0.3) is 0 Å². The minimum atomic E-state index is 0. The van der Waals surface area contributed by atoms with E-state index in [-0.39, 0.29) is 100 Å². The maximum absolute atomic E-state index is 0. The van der Waals surface area contributed by atoms with Crippen LogP contribution in [-0.4, -0.2) is 0 Å². The van der Waals surface area contributed by atoms with E-state index in [4.69, 9.17) is 0 Å². The third-order valence-electron chi connectivity index (χ3n) is 0. The molecule has 0 amide bonds. The van der Waals surface area contributed by atoms with Gasteiger partial charge >= 0.3 is 89.5 Å².